The maximum absolute atomic E-state index is 4.12. The van der Waals surface area contributed by atoms with Crippen LogP contribution in [0.2, 0.25) is 6.04 Å². The summed E-state index contributed by atoms with van der Waals surface area (Å²) in [5.41, 5.74) is 5.61. The van der Waals surface area contributed by atoms with Crippen molar-refractivity contribution in [2.45, 2.75) is 23.9 Å². The first-order chi connectivity index (χ1) is 17.3. The van der Waals surface area contributed by atoms with E-state index in [1.165, 1.54) is 28.3 Å². The zero-order valence-electron chi connectivity index (χ0n) is 20.4. The highest BCUT2D eigenvalue weighted by Crippen LogP contribution is 2.28. The molecule has 1 heterocycles. The molecule has 0 aliphatic rings. The van der Waals surface area contributed by atoms with Gasteiger partial charge in [0.05, 0.1) is 6.33 Å². The lowest BCUT2D eigenvalue weighted by Gasteiger charge is -2.18. The Labute approximate surface area is 212 Å². The zero-order valence-corrected chi connectivity index (χ0v) is 21.9. The number of benzene rings is 4. The van der Waals surface area contributed by atoms with E-state index in [-0.39, 0.29) is 9.52 Å². The van der Waals surface area contributed by atoms with Gasteiger partial charge in [-0.3, -0.25) is 0 Å². The molecule has 0 fully saturated rings. The van der Waals surface area contributed by atoms with Gasteiger partial charge in [0.25, 0.3) is 0 Å². The van der Waals surface area contributed by atoms with Crippen LogP contribution in [-0.4, -0.2) is 26.9 Å². The number of imidazole rings is 1. The third kappa shape index (κ3) is 7.43. The number of nitrogens with zero attached hydrogens (tertiary/aromatic N) is 2. The molecule has 0 saturated heterocycles. The summed E-state index contributed by atoms with van der Waals surface area (Å²) in [6, 6.07) is 44.2. The van der Waals surface area contributed by atoms with Crippen LogP contribution in [-0.2, 0) is 6.17 Å². The molecule has 0 amide bonds. The molecule has 0 N–H and O–H groups in total. The minimum absolute atomic E-state index is 0.170. The van der Waals surface area contributed by atoms with Gasteiger partial charge >= 0.3 is 0 Å². The van der Waals surface area contributed by atoms with Crippen LogP contribution >= 0.6 is 0 Å². The minimum Gasteiger partial charge on any atom is -0.341 e. The first kappa shape index (κ1) is 24.5. The van der Waals surface area contributed by atoms with E-state index in [0.717, 1.165) is 6.17 Å². The van der Waals surface area contributed by atoms with E-state index in [1.807, 2.05) is 12.5 Å². The average molecular weight is 473 g/mol. The number of rotatable bonds is 8. The first-order valence-electron chi connectivity index (χ1n) is 12.5. The van der Waals surface area contributed by atoms with Gasteiger partial charge in [0.1, 0.15) is 7.85 Å². The molecule has 1 aromatic heterocycles. The molecule has 0 unspecified atom stereocenters. The quantitative estimate of drug-likeness (QED) is 0.266. The van der Waals surface area contributed by atoms with Crippen LogP contribution in [0.3, 0.4) is 0 Å². The second kappa shape index (κ2) is 13.3. The molecule has 35 heavy (non-hydrogen) atoms. The van der Waals surface area contributed by atoms with E-state index >= 15 is 0 Å². The molecule has 0 atom stereocenters. The zero-order chi connectivity index (χ0) is 24.1. The highest BCUT2D eigenvalue weighted by atomic mass is 28.2. The molecule has 4 heteroatoms. The average Bonchev–Trinajstić information content (AvgIpc) is 3.47. The van der Waals surface area contributed by atoms with Crippen LogP contribution in [0.1, 0.15) is 34.0 Å². The fraction of sp³-hybridized carbons (Fsp3) is 0.129. The lowest BCUT2D eigenvalue weighted by molar-refractivity contribution is 0.844. The molecule has 0 saturated carbocycles. The first-order valence-corrected chi connectivity index (χ1v) is 14.5. The van der Waals surface area contributed by atoms with Crippen molar-refractivity contribution in [1.29, 1.82) is 0 Å². The molecule has 174 valence electrons. The van der Waals surface area contributed by atoms with Crippen molar-refractivity contribution in [1.82, 2.24) is 9.55 Å². The molecule has 0 radical (unpaired) electrons. The van der Waals surface area contributed by atoms with Crippen molar-refractivity contribution in [3.05, 3.63) is 162 Å². The predicted molar refractivity (Wildman–Crippen MR) is 154 cm³/mol. The number of hydrogen-bond donors (Lipinski definition) is 0. The molecule has 5 rings (SSSR count). The summed E-state index contributed by atoms with van der Waals surface area (Å²) in [5.74, 6) is 1.01. The lowest BCUT2D eigenvalue weighted by atomic mass is 9.76. The highest BCUT2D eigenvalue weighted by Gasteiger charge is 2.13. The van der Waals surface area contributed by atoms with Gasteiger partial charge in [0, 0.05) is 34.0 Å². The third-order valence-electron chi connectivity index (χ3n) is 6.47. The van der Waals surface area contributed by atoms with Crippen LogP contribution in [0.4, 0.5) is 0 Å². The Bertz CT molecular complexity index is 1140. The Balaban J connectivity index is 0.000000179. The third-order valence-corrected chi connectivity index (χ3v) is 8.29. The van der Waals surface area contributed by atoms with E-state index in [0.29, 0.717) is 11.7 Å². The summed E-state index contributed by atoms with van der Waals surface area (Å²) in [7, 11) is 2.07. The Hall–Kier alpha value is -3.63. The smallest absolute Gasteiger partial charge is 0.116 e. The molecular formula is C31H33BN2Si. The van der Waals surface area contributed by atoms with Crippen LogP contribution in [0.5, 0.6) is 0 Å². The fourth-order valence-electron chi connectivity index (χ4n) is 4.47. The van der Waals surface area contributed by atoms with Crippen LogP contribution in [0, 0.1) is 0 Å². The Morgan fingerprint density at radius 1 is 0.629 bits per heavy atom. The van der Waals surface area contributed by atoms with Crippen LogP contribution in [0.15, 0.2) is 140 Å². The molecular weight excluding hydrogens is 439 g/mol. The SMILES string of the molecule is BC(c1ccccc1)c1ccccc1.c1ccc(C(C[SiH2]Cn2ccnc2)c2ccccc2)cc1. The molecule has 5 aromatic rings. The summed E-state index contributed by atoms with van der Waals surface area (Å²) >= 11 is 0. The van der Waals surface area contributed by atoms with Gasteiger partial charge in [-0.05, 0) is 28.1 Å². The summed E-state index contributed by atoms with van der Waals surface area (Å²) in [4.78, 5) is 4.12. The van der Waals surface area contributed by atoms with Gasteiger partial charge in [-0.25, -0.2) is 4.98 Å². The molecule has 0 aliphatic carbocycles. The molecule has 0 spiro atoms. The van der Waals surface area contributed by atoms with Crippen molar-refractivity contribution < 1.29 is 0 Å². The van der Waals surface area contributed by atoms with Crippen molar-refractivity contribution in [2.75, 3.05) is 0 Å². The van der Waals surface area contributed by atoms with Gasteiger partial charge in [-0.2, -0.15) is 0 Å². The maximum atomic E-state index is 4.12. The highest BCUT2D eigenvalue weighted by molar-refractivity contribution is 6.34. The summed E-state index contributed by atoms with van der Waals surface area (Å²) in [5, 5.41) is 0. The van der Waals surface area contributed by atoms with E-state index < -0.39 is 0 Å². The predicted octanol–water partition coefficient (Wildman–Crippen LogP) is 5.67. The van der Waals surface area contributed by atoms with Crippen molar-refractivity contribution in [3.8, 4) is 0 Å². The second-order valence-corrected chi connectivity index (χ2v) is 10.6. The summed E-state index contributed by atoms with van der Waals surface area (Å²) in [6.45, 7) is 0. The standard InChI is InChI=1S/C18H20N2Si.C13H13B/c1-3-7-16(8-4-1)18(17-9-5-2-6-10-17)13-21-15-20-12-11-19-14-20;14-13(11-7-3-1-4-8-11)12-9-5-2-6-10-12/h1-12,14,18H,13,15,21H2;1-10,13H,14H2. The fourth-order valence-corrected chi connectivity index (χ4v) is 6.36. The van der Waals surface area contributed by atoms with Gasteiger partial charge in [-0.1, -0.05) is 127 Å². The summed E-state index contributed by atoms with van der Waals surface area (Å²) in [6.07, 6.45) is 7.01. The van der Waals surface area contributed by atoms with E-state index in [9.17, 15) is 0 Å². The van der Waals surface area contributed by atoms with E-state index in [2.05, 4.69) is 145 Å². The van der Waals surface area contributed by atoms with Gasteiger partial charge < -0.3 is 4.57 Å². The molecule has 0 aliphatic heterocycles. The normalized spacial score (nSPS) is 11.0. The minimum atomic E-state index is -0.170. The van der Waals surface area contributed by atoms with Gasteiger partial charge in [-0.15, -0.1) is 0 Å². The van der Waals surface area contributed by atoms with Gasteiger partial charge in [0.15, 0.2) is 0 Å². The van der Waals surface area contributed by atoms with Crippen LogP contribution in [0.25, 0.3) is 0 Å². The maximum Gasteiger partial charge on any atom is 0.116 e. The Kier molecular flexibility index (Phi) is 9.31. The summed E-state index contributed by atoms with van der Waals surface area (Å²) < 4.78 is 2.21. The monoisotopic (exact) mass is 472 g/mol. The number of aromatic nitrogens is 2. The largest absolute Gasteiger partial charge is 0.341 e. The van der Waals surface area contributed by atoms with Gasteiger partial charge in [0.2, 0.25) is 0 Å². The second-order valence-electron chi connectivity index (χ2n) is 8.86. The Morgan fingerprint density at radius 3 is 1.46 bits per heavy atom. The number of hydrogen-bond acceptors (Lipinski definition) is 1. The van der Waals surface area contributed by atoms with Crippen molar-refractivity contribution >= 4 is 17.4 Å². The van der Waals surface area contributed by atoms with Crippen LogP contribution < -0.4 is 0 Å². The lowest BCUT2D eigenvalue weighted by Crippen LogP contribution is -2.09. The molecule has 0 bridgehead atoms. The Morgan fingerprint density at radius 2 is 1.06 bits per heavy atom. The van der Waals surface area contributed by atoms with E-state index in [1.54, 1.807) is 0 Å². The van der Waals surface area contributed by atoms with E-state index in [4.69, 9.17) is 0 Å². The van der Waals surface area contributed by atoms with Crippen molar-refractivity contribution in [2.24, 2.45) is 0 Å². The molecule has 4 aromatic carbocycles. The topological polar surface area (TPSA) is 17.8 Å². The van der Waals surface area contributed by atoms with Crippen molar-refractivity contribution in [3.63, 3.8) is 0 Å². The molecule has 2 nitrogen and oxygen atoms in total.